The van der Waals surface area contributed by atoms with Crippen LogP contribution < -0.4 is 0 Å². The van der Waals surface area contributed by atoms with Gasteiger partial charge in [0.15, 0.2) is 0 Å². The van der Waals surface area contributed by atoms with Crippen molar-refractivity contribution in [1.29, 1.82) is 0 Å². The van der Waals surface area contributed by atoms with E-state index >= 15 is 0 Å². The molecule has 1 N–H and O–H groups in total. The molecule has 1 unspecified atom stereocenters. The number of aromatic amines is 1. The molecule has 1 saturated heterocycles. The summed E-state index contributed by atoms with van der Waals surface area (Å²) in [5.74, 6) is -0.159. The fourth-order valence-corrected chi connectivity index (χ4v) is 3.50. The first kappa shape index (κ1) is 16.1. The molecule has 0 aliphatic carbocycles. The first-order valence-electron chi connectivity index (χ1n) is 8.25. The van der Waals surface area contributed by atoms with Crippen molar-refractivity contribution in [3.05, 3.63) is 41.7 Å². The highest BCUT2D eigenvalue weighted by molar-refractivity contribution is 5.66. The largest absolute Gasteiger partial charge is 0.302 e. The predicted molar refractivity (Wildman–Crippen MR) is 87.2 cm³/mol. The molecule has 1 fully saturated rings. The van der Waals surface area contributed by atoms with Crippen LogP contribution in [0, 0.1) is 17.6 Å². The van der Waals surface area contributed by atoms with Crippen molar-refractivity contribution >= 4 is 0 Å². The SMILES string of the molecule is CC(C)CN1CCCC(c2[nH]ncc2-c2ccc(F)cc2F)C1. The van der Waals surface area contributed by atoms with Gasteiger partial charge in [0, 0.05) is 41.9 Å². The molecular formula is C18H23F2N3. The Morgan fingerprint density at radius 2 is 2.13 bits per heavy atom. The minimum absolute atomic E-state index is 0.310. The molecule has 3 nitrogen and oxygen atoms in total. The monoisotopic (exact) mass is 319 g/mol. The Balaban J connectivity index is 1.85. The van der Waals surface area contributed by atoms with Crippen molar-refractivity contribution in [2.75, 3.05) is 19.6 Å². The summed E-state index contributed by atoms with van der Waals surface area (Å²) in [6, 6.07) is 3.72. The number of halogens is 2. The van der Waals surface area contributed by atoms with Gasteiger partial charge in [-0.15, -0.1) is 0 Å². The molecule has 124 valence electrons. The van der Waals surface area contributed by atoms with E-state index in [1.54, 1.807) is 6.20 Å². The number of likely N-dealkylation sites (tertiary alicyclic amines) is 1. The first-order valence-corrected chi connectivity index (χ1v) is 8.25. The Labute approximate surface area is 135 Å². The molecule has 0 radical (unpaired) electrons. The standard InChI is InChI=1S/C18H23F2N3/c1-12(2)10-23-7-3-4-13(11-23)18-16(9-21-22-18)15-6-5-14(19)8-17(15)20/h5-6,8-9,12-13H,3-4,7,10-11H2,1-2H3,(H,21,22). The fraction of sp³-hybridized carbons (Fsp3) is 0.500. The first-order chi connectivity index (χ1) is 11.0. The summed E-state index contributed by atoms with van der Waals surface area (Å²) in [6.07, 6.45) is 3.83. The average molecular weight is 319 g/mol. The number of rotatable bonds is 4. The number of hydrogen-bond acceptors (Lipinski definition) is 2. The molecule has 0 bridgehead atoms. The van der Waals surface area contributed by atoms with E-state index in [4.69, 9.17) is 0 Å². The molecule has 1 aromatic heterocycles. The number of H-pyrrole nitrogens is 1. The summed E-state index contributed by atoms with van der Waals surface area (Å²) in [5, 5.41) is 7.17. The van der Waals surface area contributed by atoms with Crippen LogP contribution in [0.15, 0.2) is 24.4 Å². The van der Waals surface area contributed by atoms with Crippen LogP contribution in [0.4, 0.5) is 8.78 Å². The summed E-state index contributed by atoms with van der Waals surface area (Å²) in [6.45, 7) is 7.59. The molecule has 2 heterocycles. The van der Waals surface area contributed by atoms with E-state index in [1.165, 1.54) is 12.1 Å². The van der Waals surface area contributed by atoms with Gasteiger partial charge in [0.05, 0.1) is 6.20 Å². The highest BCUT2D eigenvalue weighted by Gasteiger charge is 2.26. The molecular weight excluding hydrogens is 296 g/mol. The summed E-state index contributed by atoms with van der Waals surface area (Å²) in [5.41, 5.74) is 2.12. The Bertz CT molecular complexity index is 666. The zero-order valence-corrected chi connectivity index (χ0v) is 13.6. The van der Waals surface area contributed by atoms with Crippen molar-refractivity contribution < 1.29 is 8.78 Å². The van der Waals surface area contributed by atoms with Gasteiger partial charge in [-0.3, -0.25) is 5.10 Å². The minimum Gasteiger partial charge on any atom is -0.302 e. The summed E-state index contributed by atoms with van der Waals surface area (Å²) in [7, 11) is 0. The third-order valence-corrected chi connectivity index (χ3v) is 4.43. The molecule has 1 aliphatic rings. The molecule has 0 saturated carbocycles. The van der Waals surface area contributed by atoms with Gasteiger partial charge in [-0.1, -0.05) is 13.8 Å². The molecule has 1 atom stereocenters. The minimum atomic E-state index is -0.558. The molecule has 2 aromatic rings. The van der Waals surface area contributed by atoms with Gasteiger partial charge in [0.2, 0.25) is 0 Å². The number of nitrogens with zero attached hydrogens (tertiary/aromatic N) is 2. The number of aromatic nitrogens is 2. The lowest BCUT2D eigenvalue weighted by Crippen LogP contribution is -2.37. The van der Waals surface area contributed by atoms with E-state index in [-0.39, 0.29) is 0 Å². The molecule has 5 heteroatoms. The van der Waals surface area contributed by atoms with Crippen molar-refractivity contribution in [2.24, 2.45) is 5.92 Å². The van der Waals surface area contributed by atoms with E-state index in [0.29, 0.717) is 17.4 Å². The van der Waals surface area contributed by atoms with Crippen molar-refractivity contribution in [1.82, 2.24) is 15.1 Å². The van der Waals surface area contributed by atoms with Crippen LogP contribution in [0.1, 0.15) is 38.3 Å². The van der Waals surface area contributed by atoms with Crippen LogP contribution in [0.3, 0.4) is 0 Å². The van der Waals surface area contributed by atoms with Crippen LogP contribution in [-0.2, 0) is 0 Å². The van der Waals surface area contributed by atoms with Gasteiger partial charge < -0.3 is 4.90 Å². The molecule has 23 heavy (non-hydrogen) atoms. The van der Waals surface area contributed by atoms with Crippen molar-refractivity contribution in [3.8, 4) is 11.1 Å². The number of piperidine rings is 1. The quantitative estimate of drug-likeness (QED) is 0.916. The van der Waals surface area contributed by atoms with Gasteiger partial charge >= 0.3 is 0 Å². The van der Waals surface area contributed by atoms with Crippen LogP contribution in [0.5, 0.6) is 0 Å². The highest BCUT2D eigenvalue weighted by Crippen LogP contribution is 2.34. The fourth-order valence-electron chi connectivity index (χ4n) is 3.50. The van der Waals surface area contributed by atoms with Crippen LogP contribution in [-0.4, -0.2) is 34.7 Å². The molecule has 1 aliphatic heterocycles. The van der Waals surface area contributed by atoms with Gasteiger partial charge in [-0.05, 0) is 37.4 Å². The van der Waals surface area contributed by atoms with Crippen molar-refractivity contribution in [3.63, 3.8) is 0 Å². The maximum atomic E-state index is 14.1. The Morgan fingerprint density at radius 1 is 1.30 bits per heavy atom. The van der Waals surface area contributed by atoms with Gasteiger partial charge in [0.25, 0.3) is 0 Å². The van der Waals surface area contributed by atoms with Gasteiger partial charge in [0.1, 0.15) is 11.6 Å². The second kappa shape index (κ2) is 6.79. The maximum Gasteiger partial charge on any atom is 0.134 e. The summed E-state index contributed by atoms with van der Waals surface area (Å²) < 4.78 is 27.3. The zero-order valence-electron chi connectivity index (χ0n) is 13.6. The average Bonchev–Trinajstić information content (AvgIpc) is 2.96. The number of hydrogen-bond donors (Lipinski definition) is 1. The summed E-state index contributed by atoms with van der Waals surface area (Å²) in [4.78, 5) is 2.46. The van der Waals surface area contributed by atoms with E-state index in [9.17, 15) is 8.78 Å². The second-order valence-corrected chi connectivity index (χ2v) is 6.81. The van der Waals surface area contributed by atoms with Crippen molar-refractivity contribution in [2.45, 2.75) is 32.6 Å². The van der Waals surface area contributed by atoms with Crippen LogP contribution >= 0.6 is 0 Å². The van der Waals surface area contributed by atoms with Crippen LogP contribution in [0.2, 0.25) is 0 Å². The maximum absolute atomic E-state index is 14.1. The normalized spacial score (nSPS) is 19.4. The molecule has 0 spiro atoms. The Hall–Kier alpha value is -1.75. The lowest BCUT2D eigenvalue weighted by atomic mass is 9.90. The Morgan fingerprint density at radius 3 is 2.87 bits per heavy atom. The topological polar surface area (TPSA) is 31.9 Å². The molecule has 1 aromatic carbocycles. The van der Waals surface area contributed by atoms with E-state index in [1.807, 2.05) is 0 Å². The lowest BCUT2D eigenvalue weighted by Gasteiger charge is -2.33. The number of nitrogens with one attached hydrogen (secondary N) is 1. The zero-order chi connectivity index (χ0) is 16.4. The highest BCUT2D eigenvalue weighted by atomic mass is 19.1. The Kier molecular flexibility index (Phi) is 4.76. The van der Waals surface area contributed by atoms with Gasteiger partial charge in [-0.25, -0.2) is 8.78 Å². The van der Waals surface area contributed by atoms with Gasteiger partial charge in [-0.2, -0.15) is 5.10 Å². The lowest BCUT2D eigenvalue weighted by molar-refractivity contribution is 0.186. The van der Waals surface area contributed by atoms with Crippen LogP contribution in [0.25, 0.3) is 11.1 Å². The third kappa shape index (κ3) is 3.61. The summed E-state index contributed by atoms with van der Waals surface area (Å²) >= 11 is 0. The van der Waals surface area contributed by atoms with E-state index in [0.717, 1.165) is 49.8 Å². The number of benzene rings is 1. The third-order valence-electron chi connectivity index (χ3n) is 4.43. The smallest absolute Gasteiger partial charge is 0.134 e. The molecule has 0 amide bonds. The predicted octanol–water partition coefficient (Wildman–Crippen LogP) is 4.19. The second-order valence-electron chi connectivity index (χ2n) is 6.81. The van der Waals surface area contributed by atoms with E-state index in [2.05, 4.69) is 28.9 Å². The molecule has 3 rings (SSSR count). The van der Waals surface area contributed by atoms with E-state index < -0.39 is 11.6 Å².